The molecule has 6 nitrogen and oxygen atoms in total. The third-order valence-corrected chi connectivity index (χ3v) is 22.3. The Balaban J connectivity index is 0.000000219. The fourth-order valence-electron chi connectivity index (χ4n) is 14.2. The van der Waals surface area contributed by atoms with Crippen LogP contribution < -0.4 is 10.6 Å². The Bertz CT molecular complexity index is 2630. The van der Waals surface area contributed by atoms with Gasteiger partial charge in [-0.25, -0.2) is 0 Å². The number of hydrogen-bond donors (Lipinski definition) is 3. The first kappa shape index (κ1) is 68.3. The molecule has 3 N–H and O–H groups in total. The predicted molar refractivity (Wildman–Crippen MR) is 361 cm³/mol. The Morgan fingerprint density at radius 1 is 0.762 bits per heavy atom. The number of carbonyl (C=O) groups is 1. The second-order valence-electron chi connectivity index (χ2n) is 26.3. The Morgan fingerprint density at radius 2 is 1.29 bits per heavy atom. The van der Waals surface area contributed by atoms with E-state index in [1.54, 1.807) is 5.57 Å². The second-order valence-corrected chi connectivity index (χ2v) is 31.5. The molecule has 2 unspecified atom stereocenters. The van der Waals surface area contributed by atoms with Gasteiger partial charge in [0.15, 0.2) is 9.04 Å². The predicted octanol–water partition coefficient (Wildman–Crippen LogP) is 17.8. The van der Waals surface area contributed by atoms with E-state index in [4.69, 9.17) is 4.43 Å². The smallest absolute Gasteiger partial charge is 0.172 e. The van der Waals surface area contributed by atoms with E-state index in [1.807, 2.05) is 80.6 Å². The number of hydrogen-bond acceptors (Lipinski definition) is 6. The lowest BCUT2D eigenvalue weighted by atomic mass is 9.62. The molecule has 0 aliphatic heterocycles. The molecule has 4 saturated carbocycles. The van der Waals surface area contributed by atoms with Crippen LogP contribution in [-0.4, -0.2) is 59.7 Å². The van der Waals surface area contributed by atoms with Crippen LogP contribution in [0.25, 0.3) is 0 Å². The van der Waals surface area contributed by atoms with E-state index in [0.29, 0.717) is 54.4 Å². The molecule has 440 valence electrons. The number of Topliss-reactive ketones (excluding diaryl/α,β-unsaturated/α-hetero) is 1. The first-order valence-corrected chi connectivity index (χ1v) is 41.0. The Labute approximate surface area is 510 Å². The van der Waals surface area contributed by atoms with Crippen LogP contribution in [-0.2, 0) is 13.8 Å². The number of allylic oxidation sites excluding steroid dienone is 12. The molecule has 0 amide bonds. The van der Waals surface area contributed by atoms with E-state index < -0.39 is 34.0 Å². The molecule has 10 heteroatoms. The molecule has 0 saturated heterocycles. The molecule has 2 aromatic rings. The quantitative estimate of drug-likeness (QED) is 0.0710. The van der Waals surface area contributed by atoms with Gasteiger partial charge in [0.1, 0.15) is 12.9 Å². The van der Waals surface area contributed by atoms with Crippen LogP contribution in [0.4, 0.5) is 0 Å². The van der Waals surface area contributed by atoms with Crippen molar-refractivity contribution in [2.75, 3.05) is 6.16 Å². The molecule has 0 aromatic heterocycles. The molecule has 2 aromatic carbocycles. The summed E-state index contributed by atoms with van der Waals surface area (Å²) < 4.78 is 20.1. The summed E-state index contributed by atoms with van der Waals surface area (Å²) >= 11 is 4.24. The highest BCUT2D eigenvalue weighted by Gasteiger charge is 2.48. The monoisotopic (exact) mass is 1350 g/mol. The molecule has 10 atom stereocenters. The maximum atomic E-state index is 14.1. The summed E-state index contributed by atoms with van der Waals surface area (Å²) in [6.45, 7) is 34.6. The molecule has 8 rings (SSSR count). The molecule has 0 heterocycles. The molecule has 0 bridgehead atoms. The van der Waals surface area contributed by atoms with Crippen molar-refractivity contribution >= 4 is 69.8 Å². The van der Waals surface area contributed by atoms with Crippen LogP contribution in [0.2, 0.25) is 13.1 Å². The average Bonchev–Trinajstić information content (AvgIpc) is 4.00. The number of aliphatic hydroxyl groups is 3. The summed E-state index contributed by atoms with van der Waals surface area (Å²) in [5.74, 6) is 3.44. The van der Waals surface area contributed by atoms with Crippen molar-refractivity contribution < 1.29 is 29.1 Å². The number of fused-ring (bicyclic) bond motifs is 2. The van der Waals surface area contributed by atoms with Crippen molar-refractivity contribution in [1.82, 2.24) is 0 Å². The summed E-state index contributed by atoms with van der Waals surface area (Å²) in [6, 6.07) is 19.8. The van der Waals surface area contributed by atoms with Crippen LogP contribution >= 0.6 is 44.4 Å². The molecular formula is C70H101I2O6PSi. The summed E-state index contributed by atoms with van der Waals surface area (Å²) in [7, 11) is -3.70. The minimum atomic E-state index is -2.67. The summed E-state index contributed by atoms with van der Waals surface area (Å²) in [5.41, 5.74) is 8.27. The van der Waals surface area contributed by atoms with Gasteiger partial charge >= 0.3 is 0 Å². The number of benzene rings is 2. The highest BCUT2D eigenvalue weighted by atomic mass is 128. The van der Waals surface area contributed by atoms with Crippen LogP contribution in [0.3, 0.4) is 0 Å². The Hall–Kier alpha value is -2.48. The first-order valence-electron chi connectivity index (χ1n) is 30.0. The fraction of sp³-hybridized carbons (Fsp3) is 0.557. The van der Waals surface area contributed by atoms with E-state index in [2.05, 4.69) is 167 Å². The summed E-state index contributed by atoms with van der Waals surface area (Å²) in [6.07, 6.45) is 33.2. The van der Waals surface area contributed by atoms with E-state index in [-0.39, 0.29) is 22.3 Å². The topological polar surface area (TPSA) is 104 Å². The van der Waals surface area contributed by atoms with Crippen LogP contribution in [0.5, 0.6) is 0 Å². The molecule has 6 aliphatic carbocycles. The highest BCUT2D eigenvalue weighted by molar-refractivity contribution is 15.0. The van der Waals surface area contributed by atoms with Crippen molar-refractivity contribution in [2.24, 2.45) is 46.3 Å². The van der Waals surface area contributed by atoms with Gasteiger partial charge in [-0.3, -0.25) is 4.79 Å². The van der Waals surface area contributed by atoms with E-state index in [9.17, 15) is 24.7 Å². The zero-order valence-electron chi connectivity index (χ0n) is 51.0. The Morgan fingerprint density at radius 3 is 1.84 bits per heavy atom. The van der Waals surface area contributed by atoms with Crippen molar-refractivity contribution in [1.29, 1.82) is 0 Å². The first-order chi connectivity index (χ1) is 37.7. The molecule has 4 fully saturated rings. The van der Waals surface area contributed by atoms with Gasteiger partial charge < -0.3 is 24.3 Å². The lowest BCUT2D eigenvalue weighted by Crippen LogP contribution is -2.36. The van der Waals surface area contributed by atoms with Gasteiger partial charge in [-0.2, -0.15) is 0 Å². The maximum Gasteiger partial charge on any atom is 0.172 e. The van der Waals surface area contributed by atoms with Crippen LogP contribution in [0.1, 0.15) is 159 Å². The number of carbonyl (C=O) groups excluding carboxylic acids is 1. The number of aliphatic hydroxyl groups excluding tert-OH is 2. The van der Waals surface area contributed by atoms with Gasteiger partial charge in [-0.05, 0) is 181 Å². The fourth-order valence-corrected chi connectivity index (χ4v) is 18.0. The zero-order chi connectivity index (χ0) is 59.2. The molecule has 80 heavy (non-hydrogen) atoms. The van der Waals surface area contributed by atoms with Crippen molar-refractivity contribution in [3.05, 3.63) is 168 Å². The largest absolute Gasteiger partial charge is 0.412 e. The number of halogens is 2. The highest BCUT2D eigenvalue weighted by Crippen LogP contribution is 2.57. The standard InChI is InChI=1S/C27H40O3.C23H27OP.C20H34O2Si.I2/c1-18(8-6-14-26(3,4)30)23-12-13-24-20(9-7-15-27(23,24)5)10-11-21-16-22(28)17-25(29)19(21)2;1-18-16-19(2)20(3)21(17-18)14-15-25(24,22-10-6-4-7-11-22)23-12-8-5-9-13-23;1-15(9-7-13-19(2,3)22-23(5)6)16-11-12-17-18(21)10-8-14-20(16,17)4;1-2/h6,10-12,14,18,22,24-25,28-30H,2,7-9,13,15-17H2,1,3-5H3;4-14,18-19H,3,15-17H2,1-2H3;7,11,13,15,17,23H,8-10,12,14H2,1-6H3;/b14-6+,20-10+,21-11-;21-14-;13-7+;/t18-,22+,24?,25+,27-;18-,19+;15-,17?,20-;/m111./s1. The van der Waals surface area contributed by atoms with Crippen LogP contribution in [0, 0.1) is 46.3 Å². The minimum absolute atomic E-state index is 0.124. The summed E-state index contributed by atoms with van der Waals surface area (Å²) in [4.78, 5) is 12.2. The van der Waals surface area contributed by atoms with Gasteiger partial charge in [-0.1, -0.05) is 187 Å². The molecule has 0 radical (unpaired) electrons. The van der Waals surface area contributed by atoms with Gasteiger partial charge in [-0.15, -0.1) is 0 Å². The maximum absolute atomic E-state index is 14.1. The van der Waals surface area contributed by atoms with Crippen molar-refractivity contribution in [3.63, 3.8) is 0 Å². The van der Waals surface area contributed by atoms with E-state index >= 15 is 0 Å². The number of ketones is 1. The van der Waals surface area contributed by atoms with Gasteiger partial charge in [0.05, 0.1) is 23.4 Å². The number of rotatable bonds is 15. The summed E-state index contributed by atoms with van der Waals surface area (Å²) in [5, 5.41) is 31.9. The molecular weight excluding hydrogens is 1250 g/mol. The third kappa shape index (κ3) is 18.3. The van der Waals surface area contributed by atoms with E-state index in [1.165, 1.54) is 48.0 Å². The van der Waals surface area contributed by atoms with Crippen LogP contribution in [0.15, 0.2) is 168 Å². The van der Waals surface area contributed by atoms with Gasteiger partial charge in [0, 0.05) is 72.8 Å². The molecule has 0 spiro atoms. The van der Waals surface area contributed by atoms with Gasteiger partial charge in [0.2, 0.25) is 0 Å². The normalized spacial score (nSPS) is 29.5. The Kier molecular flexibility index (Phi) is 26.1. The second kappa shape index (κ2) is 30.5. The lowest BCUT2D eigenvalue weighted by molar-refractivity contribution is -0.128. The lowest BCUT2D eigenvalue weighted by Gasteiger charge is -2.42. The van der Waals surface area contributed by atoms with Crippen molar-refractivity contribution in [3.8, 4) is 0 Å². The average molecular weight is 1350 g/mol. The zero-order valence-corrected chi connectivity index (χ0v) is 57.3. The van der Waals surface area contributed by atoms with Crippen molar-refractivity contribution in [2.45, 2.75) is 196 Å². The molecule has 6 aliphatic rings. The third-order valence-electron chi connectivity index (χ3n) is 18.3. The van der Waals surface area contributed by atoms with E-state index in [0.717, 1.165) is 73.1 Å². The minimum Gasteiger partial charge on any atom is -0.412 e. The van der Waals surface area contributed by atoms with Gasteiger partial charge in [0.25, 0.3) is 0 Å². The SMILES string of the molecule is C=C1/C(=C\C=C2/CCC[C@]3(C)C([C@H](C)C/C=C/C(C)(C)O)=CCC23)C[C@H](O)C[C@@H]1O.C=C1/C(=C\CP(=O)(c2ccccc2)c2ccccc2)C[C@H](C)C[C@@H]1C.C[C@H](C/C=C/C(C)(C)O[SiH](C)C)C1=CCC2C(=O)CCC[C@]12C.II.